The molecule has 0 saturated heterocycles. The summed E-state index contributed by atoms with van der Waals surface area (Å²) in [6.45, 7) is 0. The van der Waals surface area contributed by atoms with E-state index in [2.05, 4.69) is 0 Å². The molecule has 0 aliphatic heterocycles. The van der Waals surface area contributed by atoms with Crippen LogP contribution in [0.4, 0.5) is 0 Å². The molecule has 0 bridgehead atoms. The van der Waals surface area contributed by atoms with Gasteiger partial charge >= 0.3 is 0 Å². The average molecular weight is 173 g/mol. The van der Waals surface area contributed by atoms with Crippen molar-refractivity contribution in [3.05, 3.63) is 0 Å². The van der Waals surface area contributed by atoms with E-state index in [1.54, 1.807) is 0 Å². The van der Waals surface area contributed by atoms with E-state index in [1.807, 2.05) is 4.72 Å². The molecule has 56 valence electrons. The smallest absolute Gasteiger partial charge is 0.232 e. The number of hydrogen-bond donors (Lipinski definition) is 4. The summed E-state index contributed by atoms with van der Waals surface area (Å²) in [5.41, 5.74) is 9.62. The molecule has 0 aliphatic rings. The Bertz CT molecular complexity index is 153. The van der Waals surface area contributed by atoms with Crippen molar-refractivity contribution in [1.29, 1.82) is 0 Å². The van der Waals surface area contributed by atoms with Crippen LogP contribution in [0.2, 0.25) is 0 Å². The monoisotopic (exact) mass is 173 g/mol. The molecule has 0 amide bonds. The maximum Gasteiger partial charge on any atom is 0.232 e. The van der Waals surface area contributed by atoms with E-state index >= 15 is 0 Å². The molecule has 0 aromatic carbocycles. The van der Waals surface area contributed by atoms with Crippen LogP contribution in [0.3, 0.4) is 0 Å². The summed E-state index contributed by atoms with van der Waals surface area (Å²) in [5, 5.41) is 0. The summed E-state index contributed by atoms with van der Waals surface area (Å²) in [5.74, 6) is 0. The van der Waals surface area contributed by atoms with E-state index in [0.717, 1.165) is 0 Å². The highest BCUT2D eigenvalue weighted by Crippen LogP contribution is 2.21. The molecule has 6 N–H and O–H groups in total. The van der Waals surface area contributed by atoms with Crippen LogP contribution >= 0.6 is 7.44 Å². The van der Waals surface area contributed by atoms with Crippen LogP contribution in [0.5, 0.6) is 0 Å². The molecule has 0 radical (unpaired) electrons. The SMILES string of the molecule is NP(N)(=O)CNS(=O)O. The van der Waals surface area contributed by atoms with Gasteiger partial charge in [0.05, 0.1) is 6.29 Å². The van der Waals surface area contributed by atoms with E-state index in [0.29, 0.717) is 0 Å². The summed E-state index contributed by atoms with van der Waals surface area (Å²) in [6, 6.07) is 0. The van der Waals surface area contributed by atoms with E-state index in [-0.39, 0.29) is 6.29 Å². The Morgan fingerprint density at radius 2 is 2.11 bits per heavy atom. The molecule has 0 aliphatic carbocycles. The molecule has 0 saturated carbocycles. The summed E-state index contributed by atoms with van der Waals surface area (Å²) in [6.07, 6.45) is -0.337. The Morgan fingerprint density at radius 1 is 1.67 bits per heavy atom. The zero-order chi connectivity index (χ0) is 7.49. The van der Waals surface area contributed by atoms with E-state index in [1.165, 1.54) is 0 Å². The summed E-state index contributed by atoms with van der Waals surface area (Å²) in [7, 11) is -3.18. The fraction of sp³-hybridized carbons (Fsp3) is 1.00. The molecule has 1 atom stereocenters. The van der Waals surface area contributed by atoms with Crippen molar-refractivity contribution in [1.82, 2.24) is 4.72 Å². The van der Waals surface area contributed by atoms with E-state index in [4.69, 9.17) is 15.6 Å². The number of nitrogens with two attached hydrogens (primary N) is 2. The van der Waals surface area contributed by atoms with Crippen LogP contribution in [-0.2, 0) is 15.8 Å². The van der Waals surface area contributed by atoms with E-state index in [9.17, 15) is 8.77 Å². The van der Waals surface area contributed by atoms with Crippen LogP contribution < -0.4 is 15.7 Å². The normalized spacial score (nSPS) is 15.4. The van der Waals surface area contributed by atoms with E-state index < -0.39 is 18.7 Å². The van der Waals surface area contributed by atoms with Crippen molar-refractivity contribution >= 4 is 18.7 Å². The molecule has 1 unspecified atom stereocenters. The van der Waals surface area contributed by atoms with Gasteiger partial charge in [-0.25, -0.2) is 8.93 Å². The quantitative estimate of drug-likeness (QED) is 0.315. The fourth-order valence-electron chi connectivity index (χ4n) is 0.156. The van der Waals surface area contributed by atoms with Gasteiger partial charge in [-0.15, -0.1) is 0 Å². The second-order valence-corrected chi connectivity index (χ2v) is 4.22. The maximum absolute atomic E-state index is 10.4. The Balaban J connectivity index is 3.53. The molecular weight excluding hydrogens is 165 g/mol. The zero-order valence-electron chi connectivity index (χ0n) is 4.48. The standard InChI is InChI=1S/CH8N3O3PS/c2-8(3,5)1-4-9(6)7/h4H,1H2,(H,6,7)(H4,2,3,5). The first-order valence-corrected chi connectivity index (χ1v) is 5.06. The highest BCUT2D eigenvalue weighted by molar-refractivity contribution is 7.77. The minimum absolute atomic E-state index is 0.337. The van der Waals surface area contributed by atoms with Crippen LogP contribution in [0.25, 0.3) is 0 Å². The van der Waals surface area contributed by atoms with Gasteiger partial charge in [0, 0.05) is 0 Å². The van der Waals surface area contributed by atoms with Gasteiger partial charge in [-0.2, -0.15) is 0 Å². The maximum atomic E-state index is 10.4. The van der Waals surface area contributed by atoms with Crippen LogP contribution in [0, 0.1) is 0 Å². The van der Waals surface area contributed by atoms with Crippen molar-refractivity contribution in [2.45, 2.75) is 0 Å². The summed E-state index contributed by atoms with van der Waals surface area (Å²) < 4.78 is 30.1. The largest absolute Gasteiger partial charge is 0.294 e. The van der Waals surface area contributed by atoms with Crippen LogP contribution in [0.1, 0.15) is 0 Å². The van der Waals surface area contributed by atoms with Gasteiger partial charge in [-0.1, -0.05) is 0 Å². The lowest BCUT2D eigenvalue weighted by Crippen LogP contribution is -2.23. The lowest BCUT2D eigenvalue weighted by atomic mass is 11.5. The first-order chi connectivity index (χ1) is 3.92. The van der Waals surface area contributed by atoms with Gasteiger partial charge in [0.2, 0.25) is 18.7 Å². The van der Waals surface area contributed by atoms with Gasteiger partial charge in [-0.3, -0.25) is 20.1 Å². The van der Waals surface area contributed by atoms with Crippen LogP contribution in [0.15, 0.2) is 0 Å². The van der Waals surface area contributed by atoms with Crippen molar-refractivity contribution in [2.75, 3.05) is 6.29 Å². The van der Waals surface area contributed by atoms with Crippen molar-refractivity contribution in [2.24, 2.45) is 11.0 Å². The molecule has 0 heterocycles. The third-order valence-corrected chi connectivity index (χ3v) is 1.69. The zero-order valence-corrected chi connectivity index (χ0v) is 6.19. The Hall–Kier alpha value is 0.220. The second kappa shape index (κ2) is 3.40. The molecule has 9 heavy (non-hydrogen) atoms. The summed E-state index contributed by atoms with van der Waals surface area (Å²) in [4.78, 5) is 0. The predicted molar refractivity (Wildman–Crippen MR) is 34.8 cm³/mol. The molecular formula is CH8N3O3PS. The first kappa shape index (κ1) is 9.22. The molecule has 0 rings (SSSR count). The molecule has 0 aromatic heterocycles. The lowest BCUT2D eigenvalue weighted by Gasteiger charge is -2.03. The number of hydrogen-bond acceptors (Lipinski definition) is 2. The highest BCUT2D eigenvalue weighted by Gasteiger charge is 2.07. The van der Waals surface area contributed by atoms with Crippen molar-refractivity contribution in [3.63, 3.8) is 0 Å². The molecule has 6 nitrogen and oxygen atoms in total. The topological polar surface area (TPSA) is 118 Å². The average Bonchev–Trinajstić information content (AvgIpc) is 1.59. The first-order valence-electron chi connectivity index (χ1n) is 1.92. The third kappa shape index (κ3) is 8.22. The Morgan fingerprint density at radius 3 is 2.22 bits per heavy atom. The third-order valence-electron chi connectivity index (χ3n) is 0.435. The molecule has 0 fully saturated rings. The predicted octanol–water partition coefficient (Wildman–Crippen LogP) is -1.22. The van der Waals surface area contributed by atoms with Crippen molar-refractivity contribution < 1.29 is 13.3 Å². The van der Waals surface area contributed by atoms with Gasteiger partial charge in [-0.05, 0) is 0 Å². The molecule has 0 spiro atoms. The lowest BCUT2D eigenvalue weighted by molar-refractivity contribution is 0.548. The van der Waals surface area contributed by atoms with Gasteiger partial charge < -0.3 is 0 Å². The Labute approximate surface area is 54.9 Å². The number of rotatable bonds is 3. The Kier molecular flexibility index (Phi) is 3.49. The molecule has 0 aromatic rings. The van der Waals surface area contributed by atoms with Gasteiger partial charge in [0.1, 0.15) is 0 Å². The van der Waals surface area contributed by atoms with Crippen molar-refractivity contribution in [3.8, 4) is 0 Å². The van der Waals surface area contributed by atoms with Crippen LogP contribution in [-0.4, -0.2) is 15.0 Å². The molecule has 8 heteroatoms. The summed E-state index contributed by atoms with van der Waals surface area (Å²) >= 11 is -2.19. The van der Waals surface area contributed by atoms with Gasteiger partial charge in [0.25, 0.3) is 0 Å². The minimum atomic E-state index is -3.18. The van der Waals surface area contributed by atoms with Gasteiger partial charge in [0.15, 0.2) is 0 Å². The minimum Gasteiger partial charge on any atom is -0.294 e. The highest BCUT2D eigenvalue weighted by atomic mass is 32.2. The fourth-order valence-corrected chi connectivity index (χ4v) is 1.40. The second-order valence-electron chi connectivity index (χ2n) is 1.41. The number of nitrogens with one attached hydrogen (secondary N) is 1.